The summed E-state index contributed by atoms with van der Waals surface area (Å²) in [6.45, 7) is 0. The average molecular weight is 1760 g/mol. The average Bonchev–Trinajstić information content (AvgIpc) is 0.787. The first kappa shape index (κ1) is 91.4. The normalized spacial score (nSPS) is 9.98. The first-order valence-electron chi connectivity index (χ1n) is 39.7. The van der Waals surface area contributed by atoms with Crippen LogP contribution in [0.25, 0.3) is 16.6 Å². The number of aryl methyl sites for hydroxylation is 2. The molecule has 32 heteroatoms. The van der Waals surface area contributed by atoms with Crippen LogP contribution in [0.5, 0.6) is 0 Å². The number of para-hydroxylation sites is 1. The van der Waals surface area contributed by atoms with Gasteiger partial charge in [0.2, 0.25) is 5.69 Å². The number of nitro benzene ring substituents is 2. The number of rotatable bonds is 21. The van der Waals surface area contributed by atoms with E-state index in [4.69, 9.17) is 21.9 Å². The van der Waals surface area contributed by atoms with Crippen LogP contribution in [0.1, 0.15) is 60.6 Å². The quantitative estimate of drug-likeness (QED) is 0.0138. The summed E-state index contributed by atoms with van der Waals surface area (Å²) in [5.41, 5.74) is 20.9. The van der Waals surface area contributed by atoms with Crippen LogP contribution >= 0.6 is 0 Å². The highest BCUT2D eigenvalue weighted by Crippen LogP contribution is 2.28. The van der Waals surface area contributed by atoms with Gasteiger partial charge in [-0.1, -0.05) is 24.3 Å². The largest absolute Gasteiger partial charge is 1.00 e. The molecule has 0 aliphatic heterocycles. The van der Waals surface area contributed by atoms with Crippen molar-refractivity contribution in [1.29, 1.82) is 0 Å². The number of amides is 3. The molecule has 0 bridgehead atoms. The Morgan fingerprint density at radius 3 is 0.984 bits per heavy atom. The molecule has 7 heterocycles. The topological polar surface area (TPSA) is 398 Å². The van der Waals surface area contributed by atoms with E-state index in [1.54, 1.807) is 116 Å². The SMILES string of the molecule is C[n+]1ccc(Nc2ccc(C(=O)Nc3ccc(Nc4ccnc5ccccc45)cc3)cc2)cc1.C[n+]1ccc(Nc2ccc(C(=O)Nc3ccc([N+](=O)[O-])cc3)cc2)cc1.Nc1ccc(C(=O)O)cc1.O=C(Nc1ccc([N+](=O)[O-])cc1)c1ccc(Nc2ccncc2)cc1.O=C(O)c1ccc(Nc2ccncc2)cc1.[2HH].[2HH].[2H][2H].[2H][2H].[Cl-].[Cl-].[Cl-].c1cc[n+](-c2ccncc2)cc1. The van der Waals surface area contributed by atoms with Crippen molar-refractivity contribution >= 4 is 132 Å². The lowest BCUT2D eigenvalue weighted by Crippen LogP contribution is -3.00. The number of benzene rings is 9. The van der Waals surface area contributed by atoms with Crippen molar-refractivity contribution < 1.29 is 104 Å². The summed E-state index contributed by atoms with van der Waals surface area (Å²) in [7, 11) is 3.92. The molecular weight excluding hydrogens is 1660 g/mol. The molecule has 16 aromatic rings. The number of fused-ring (bicyclic) bond motifs is 1. The Kier molecular flexibility index (Phi) is 35.1. The molecule has 0 spiro atoms. The van der Waals surface area contributed by atoms with Gasteiger partial charge in [-0.15, -0.1) is 0 Å². The molecule has 642 valence electrons. The van der Waals surface area contributed by atoms with Gasteiger partial charge in [0.05, 0.1) is 37.9 Å². The van der Waals surface area contributed by atoms with Crippen LogP contribution in [0, 0.1) is 20.2 Å². The van der Waals surface area contributed by atoms with Crippen LogP contribution in [0.4, 0.5) is 91.0 Å². The van der Waals surface area contributed by atoms with Gasteiger partial charge in [-0.25, -0.2) is 18.7 Å². The number of carboxylic acid groups (broad SMARTS) is 2. The number of carboxylic acids is 2. The van der Waals surface area contributed by atoms with E-state index in [2.05, 4.69) is 62.5 Å². The van der Waals surface area contributed by atoms with Gasteiger partial charge in [0.15, 0.2) is 37.2 Å². The third-order valence-electron chi connectivity index (χ3n) is 17.6. The summed E-state index contributed by atoms with van der Waals surface area (Å²) in [4.78, 5) is 94.6. The van der Waals surface area contributed by atoms with Crippen molar-refractivity contribution in [2.75, 3.05) is 48.3 Å². The van der Waals surface area contributed by atoms with Crippen molar-refractivity contribution in [2.24, 2.45) is 14.1 Å². The van der Waals surface area contributed by atoms with Gasteiger partial charge in [0.1, 0.15) is 14.1 Å². The minimum Gasteiger partial charge on any atom is -1.00 e. The molecule has 12 N–H and O–H groups in total. The van der Waals surface area contributed by atoms with Crippen LogP contribution in [0.3, 0.4) is 0 Å². The van der Waals surface area contributed by atoms with E-state index in [0.717, 1.165) is 79.2 Å². The maximum absolute atomic E-state index is 12.7. The van der Waals surface area contributed by atoms with Crippen LogP contribution < -0.4 is 99.2 Å². The smallest absolute Gasteiger partial charge is 0.335 e. The third-order valence-corrected chi connectivity index (χ3v) is 17.6. The highest BCUT2D eigenvalue weighted by atomic mass is 35.5. The maximum Gasteiger partial charge on any atom is 0.335 e. The lowest BCUT2D eigenvalue weighted by Gasteiger charge is -2.11. The fourth-order valence-electron chi connectivity index (χ4n) is 11.2. The highest BCUT2D eigenvalue weighted by Gasteiger charge is 2.14. The number of aromatic nitrogens is 7. The van der Waals surface area contributed by atoms with Crippen molar-refractivity contribution in [3.05, 3.63) is 432 Å². The van der Waals surface area contributed by atoms with E-state index < -0.39 is 21.8 Å². The van der Waals surface area contributed by atoms with Crippen molar-refractivity contribution in [3.63, 3.8) is 0 Å². The molecule has 9 aromatic carbocycles. The molecule has 126 heavy (non-hydrogen) atoms. The number of non-ortho nitro benzene ring substituents is 2. The number of nitrogen functional groups attached to an aromatic ring is 1. The molecule has 0 saturated carbocycles. The molecule has 3 amide bonds. The Morgan fingerprint density at radius 2 is 0.627 bits per heavy atom. The van der Waals surface area contributed by atoms with Crippen molar-refractivity contribution in [2.45, 2.75) is 0 Å². The minimum atomic E-state index is -0.931. The summed E-state index contributed by atoms with van der Waals surface area (Å²) in [5, 5.41) is 64.2. The van der Waals surface area contributed by atoms with E-state index in [9.17, 15) is 44.2 Å². The summed E-state index contributed by atoms with van der Waals surface area (Å²) < 4.78 is 26.0. The number of carbonyl (C=O) groups excluding carboxylic acids is 3. The van der Waals surface area contributed by atoms with Gasteiger partial charge in [0.25, 0.3) is 29.1 Å². The Labute approximate surface area is 751 Å². The van der Waals surface area contributed by atoms with E-state index in [1.165, 1.54) is 60.7 Å². The molecule has 0 unspecified atom stereocenters. The number of nitrogens with two attached hydrogens (primary N) is 1. The molecule has 0 saturated heterocycles. The third kappa shape index (κ3) is 30.1. The Morgan fingerprint density at radius 1 is 0.333 bits per heavy atom. The first-order valence-corrected chi connectivity index (χ1v) is 37.7. The molecule has 0 aliphatic rings. The summed E-state index contributed by atoms with van der Waals surface area (Å²) >= 11 is 0. The summed E-state index contributed by atoms with van der Waals surface area (Å²) in [6.07, 6.45) is 24.0. The molecule has 0 aliphatic carbocycles. The molecule has 7 aromatic heterocycles. The molecule has 29 nitrogen and oxygen atoms in total. The van der Waals surface area contributed by atoms with E-state index >= 15 is 0 Å². The Hall–Kier alpha value is -16.9. The number of halogens is 3. The number of anilines is 14. The molecule has 0 radical (unpaired) electrons. The zero-order valence-electron chi connectivity index (χ0n) is 71.2. The summed E-state index contributed by atoms with van der Waals surface area (Å²) in [5.74, 6) is -2.57. The second kappa shape index (κ2) is 48.4. The number of nitrogens with zero attached hydrogens (tertiary/aromatic N) is 9. The monoisotopic (exact) mass is 1760 g/mol. The van der Waals surface area contributed by atoms with Gasteiger partial charge in [0, 0.05) is 215 Å². The fraction of sp³-hybridized carbons (Fsp3) is 0.0213. The number of nitro groups is 2. The van der Waals surface area contributed by atoms with Crippen LogP contribution in [-0.4, -0.2) is 69.7 Å². The molecular formula is C94H89Cl3N18O11. The Balaban J connectivity index is 0.000000339. The second-order valence-corrected chi connectivity index (χ2v) is 26.6. The Bertz CT molecular complexity index is 6160. The molecule has 16 rings (SSSR count). The van der Waals surface area contributed by atoms with Crippen molar-refractivity contribution in [3.8, 4) is 5.69 Å². The standard InChI is InChI=1S/C28H23N5O.C19H16N4O3.C18H14N4O3.C12H10N2O2.C10H9N2.C7H7NO2.3ClH.4H2/c1-33-18-15-24(16-19-33)30-21-8-6-20(7-9-21)28(34)32-23-12-10-22(11-13-23)31-27-14-17-29-26-5-3-2-4-25(26)27;1-22-12-10-17(11-13-22)20-15-4-2-14(3-5-15)19(24)21-16-6-8-18(9-7-16)23(25)26;23-18(21-15-5-7-17(8-6-15)22(24)25)13-1-3-14(4-2-13)20-16-9-11-19-12-10-16;15-12(16)9-1-3-10(4-2-9)14-11-5-7-13-8-6-11;1-2-8-12(9-3-1)10-4-6-11-7-5-10;8-6-3-1-5(2-4-6)7(9)10;;;;;;;/h2-19H,1H3,(H2,29,31,32,34);2-13H,1H3,(H,21,24);1-12H,(H,19,20)(H,21,23);1-8H,(H,13,14)(H,15,16);1-9H;1-4H,8H2,(H,9,10);7*1H/q;;;;+1;;;;;;;;/p-1/i;;;;;;;;;2*1+1D;2*1+1. The molecule has 0 atom stereocenters. The number of carbonyl (C=O) groups is 5. The predicted octanol–water partition coefficient (Wildman–Crippen LogP) is 10.0. The number of hydrogen-bond acceptors (Lipinski definition) is 19. The second-order valence-electron chi connectivity index (χ2n) is 26.6. The van der Waals surface area contributed by atoms with Gasteiger partial charge in [-0.3, -0.25) is 54.5 Å². The van der Waals surface area contributed by atoms with E-state index in [1.807, 2.05) is 235 Å². The number of hydrogen-bond donors (Lipinski definition) is 11. The number of aromatic carboxylic acids is 2. The van der Waals surface area contributed by atoms with Gasteiger partial charge in [-0.05, 0) is 206 Å². The van der Waals surface area contributed by atoms with Gasteiger partial charge >= 0.3 is 11.9 Å². The lowest BCUT2D eigenvalue weighted by molar-refractivity contribution is -0.671. The van der Waals surface area contributed by atoms with Crippen LogP contribution in [-0.2, 0) is 14.1 Å². The predicted molar refractivity (Wildman–Crippen MR) is 483 cm³/mol. The first-order chi connectivity index (χ1) is 61.7. The van der Waals surface area contributed by atoms with E-state index in [-0.39, 0.29) is 80.3 Å². The van der Waals surface area contributed by atoms with E-state index in [0.29, 0.717) is 33.8 Å². The lowest BCUT2D eigenvalue weighted by atomic mass is 10.1. The zero-order valence-corrected chi connectivity index (χ0v) is 69.4. The number of nitrogens with one attached hydrogen (secondary N) is 8. The zero-order chi connectivity index (χ0) is 90.7. The fourth-order valence-corrected chi connectivity index (χ4v) is 11.2. The summed E-state index contributed by atoms with van der Waals surface area (Å²) in [6, 6.07) is 88.3. The van der Waals surface area contributed by atoms with Crippen LogP contribution in [0.15, 0.2) is 384 Å². The maximum atomic E-state index is 12.7. The molecule has 0 fully saturated rings. The van der Waals surface area contributed by atoms with Crippen molar-refractivity contribution in [1.82, 2.24) is 19.9 Å². The van der Waals surface area contributed by atoms with Gasteiger partial charge in [-0.2, -0.15) is 4.57 Å². The van der Waals surface area contributed by atoms with Crippen LogP contribution in [0.2, 0.25) is 0 Å². The van der Waals surface area contributed by atoms with Gasteiger partial charge < -0.3 is 95.7 Å². The minimum absolute atomic E-state index is 0. The highest BCUT2D eigenvalue weighted by molar-refractivity contribution is 6.06. The number of pyridine rings is 7.